The minimum absolute atomic E-state index is 0.0336. The number of rotatable bonds is 6. The van der Waals surface area contributed by atoms with E-state index >= 15 is 0 Å². The van der Waals surface area contributed by atoms with Gasteiger partial charge in [-0.3, -0.25) is 4.79 Å². The van der Waals surface area contributed by atoms with E-state index < -0.39 is 6.04 Å². The molecule has 0 aromatic heterocycles. The van der Waals surface area contributed by atoms with Crippen molar-refractivity contribution in [2.75, 3.05) is 13.2 Å². The molecule has 1 aromatic rings. The summed E-state index contributed by atoms with van der Waals surface area (Å²) in [4.78, 5) is 13.9. The van der Waals surface area contributed by atoms with E-state index in [2.05, 4.69) is 0 Å². The molecule has 0 saturated heterocycles. The Morgan fingerprint density at radius 3 is 2.53 bits per heavy atom. The quantitative estimate of drug-likeness (QED) is 0.687. The molecule has 1 aromatic carbocycles. The number of aliphatic hydroxyl groups excluding tert-OH is 1. The van der Waals surface area contributed by atoms with E-state index in [9.17, 15) is 9.90 Å². The second-order valence-corrected chi connectivity index (χ2v) is 4.96. The largest absolute Gasteiger partial charge is 0.508 e. The highest BCUT2D eigenvalue weighted by Crippen LogP contribution is 2.27. The van der Waals surface area contributed by atoms with E-state index in [0.717, 1.165) is 18.4 Å². The summed E-state index contributed by atoms with van der Waals surface area (Å²) < 4.78 is 0. The molecule has 1 aliphatic rings. The number of amides is 1. The number of carbonyl (C=O) groups excluding carboxylic acids is 1. The Morgan fingerprint density at radius 2 is 2.00 bits per heavy atom. The number of phenolic OH excluding ortho intramolecular Hbond substituents is 1. The van der Waals surface area contributed by atoms with Gasteiger partial charge in [-0.1, -0.05) is 12.1 Å². The molecule has 2 rings (SSSR count). The maximum absolute atomic E-state index is 12.2. The van der Waals surface area contributed by atoms with Crippen LogP contribution in [-0.4, -0.2) is 46.3 Å². The molecular formula is C14H20N2O3. The van der Waals surface area contributed by atoms with Crippen LogP contribution in [0.2, 0.25) is 0 Å². The van der Waals surface area contributed by atoms with Crippen LogP contribution in [0.25, 0.3) is 0 Å². The number of hydrogen-bond donors (Lipinski definition) is 3. The van der Waals surface area contributed by atoms with Crippen molar-refractivity contribution >= 4 is 5.91 Å². The summed E-state index contributed by atoms with van der Waals surface area (Å²) in [6, 6.07) is 6.34. The molecule has 1 aliphatic carbocycles. The SMILES string of the molecule is N[C@H](Cc1ccc(O)cc1)C(=O)N(CCO)C1CC1. The third kappa shape index (κ3) is 3.68. The number of nitrogens with zero attached hydrogens (tertiary/aromatic N) is 1. The number of benzene rings is 1. The number of aliphatic hydroxyl groups is 1. The number of aromatic hydroxyl groups is 1. The smallest absolute Gasteiger partial charge is 0.240 e. The van der Waals surface area contributed by atoms with Crippen LogP contribution in [0.5, 0.6) is 5.75 Å². The highest BCUT2D eigenvalue weighted by atomic mass is 16.3. The number of carbonyl (C=O) groups is 1. The summed E-state index contributed by atoms with van der Waals surface area (Å²) >= 11 is 0. The van der Waals surface area contributed by atoms with Gasteiger partial charge in [-0.25, -0.2) is 0 Å². The highest BCUT2D eigenvalue weighted by molar-refractivity contribution is 5.82. The molecule has 1 atom stereocenters. The average Bonchev–Trinajstić information content (AvgIpc) is 3.22. The lowest BCUT2D eigenvalue weighted by molar-refractivity contribution is -0.133. The maximum Gasteiger partial charge on any atom is 0.240 e. The van der Waals surface area contributed by atoms with Crippen molar-refractivity contribution in [3.05, 3.63) is 29.8 Å². The molecule has 0 radical (unpaired) electrons. The fourth-order valence-corrected chi connectivity index (χ4v) is 2.15. The first-order valence-electron chi connectivity index (χ1n) is 6.56. The average molecular weight is 264 g/mol. The van der Waals surface area contributed by atoms with Crippen molar-refractivity contribution in [2.45, 2.75) is 31.3 Å². The lowest BCUT2D eigenvalue weighted by atomic mass is 10.1. The molecule has 0 bridgehead atoms. The van der Waals surface area contributed by atoms with Crippen molar-refractivity contribution in [3.63, 3.8) is 0 Å². The molecule has 0 spiro atoms. The van der Waals surface area contributed by atoms with E-state index in [-0.39, 0.29) is 24.3 Å². The molecule has 4 N–H and O–H groups in total. The van der Waals surface area contributed by atoms with Crippen LogP contribution < -0.4 is 5.73 Å². The molecule has 0 aliphatic heterocycles. The van der Waals surface area contributed by atoms with Crippen LogP contribution in [-0.2, 0) is 11.2 Å². The molecule has 1 fully saturated rings. The van der Waals surface area contributed by atoms with Crippen molar-refractivity contribution in [3.8, 4) is 5.75 Å². The van der Waals surface area contributed by atoms with Gasteiger partial charge in [-0.2, -0.15) is 0 Å². The summed E-state index contributed by atoms with van der Waals surface area (Å²) in [7, 11) is 0. The predicted molar refractivity (Wildman–Crippen MR) is 71.6 cm³/mol. The molecule has 1 amide bonds. The topological polar surface area (TPSA) is 86.8 Å². The van der Waals surface area contributed by atoms with Crippen LogP contribution in [0.4, 0.5) is 0 Å². The van der Waals surface area contributed by atoms with Crippen LogP contribution in [0.3, 0.4) is 0 Å². The van der Waals surface area contributed by atoms with E-state index in [1.807, 2.05) is 0 Å². The van der Waals surface area contributed by atoms with Crippen molar-refractivity contribution in [1.29, 1.82) is 0 Å². The van der Waals surface area contributed by atoms with Crippen LogP contribution >= 0.6 is 0 Å². The molecule has 19 heavy (non-hydrogen) atoms. The fraction of sp³-hybridized carbons (Fsp3) is 0.500. The van der Waals surface area contributed by atoms with Gasteiger partial charge in [0.2, 0.25) is 5.91 Å². The predicted octanol–water partition coefficient (Wildman–Crippen LogP) is 0.245. The summed E-state index contributed by atoms with van der Waals surface area (Å²) in [5, 5.41) is 18.2. The van der Waals surface area contributed by atoms with E-state index in [1.54, 1.807) is 29.2 Å². The summed E-state index contributed by atoms with van der Waals surface area (Å²) in [5.74, 6) is 0.0909. The molecule has 5 heteroatoms. The van der Waals surface area contributed by atoms with Crippen molar-refractivity contribution in [1.82, 2.24) is 4.90 Å². The van der Waals surface area contributed by atoms with Gasteiger partial charge >= 0.3 is 0 Å². The molecule has 104 valence electrons. The van der Waals surface area contributed by atoms with E-state index in [4.69, 9.17) is 10.8 Å². The van der Waals surface area contributed by atoms with Gasteiger partial charge in [0.1, 0.15) is 5.75 Å². The monoisotopic (exact) mass is 264 g/mol. The second-order valence-electron chi connectivity index (χ2n) is 4.96. The third-order valence-corrected chi connectivity index (χ3v) is 3.32. The molecule has 0 heterocycles. The standard InChI is InChI=1S/C14H20N2O3/c15-13(9-10-1-5-12(18)6-2-10)14(19)16(7-8-17)11-3-4-11/h1-2,5-6,11,13,17-18H,3-4,7-9,15H2/t13-/m1/s1. The van der Waals surface area contributed by atoms with Gasteiger partial charge in [0.05, 0.1) is 12.6 Å². The molecule has 5 nitrogen and oxygen atoms in total. The third-order valence-electron chi connectivity index (χ3n) is 3.32. The van der Waals surface area contributed by atoms with Gasteiger partial charge in [-0.05, 0) is 37.0 Å². The lowest BCUT2D eigenvalue weighted by Crippen LogP contribution is -2.47. The van der Waals surface area contributed by atoms with Gasteiger partial charge in [0.15, 0.2) is 0 Å². The van der Waals surface area contributed by atoms with Gasteiger partial charge < -0.3 is 20.8 Å². The van der Waals surface area contributed by atoms with Crippen LogP contribution in [0, 0.1) is 0 Å². The first-order valence-corrected chi connectivity index (χ1v) is 6.56. The first kappa shape index (κ1) is 13.8. The summed E-state index contributed by atoms with van der Waals surface area (Å²) in [6.07, 6.45) is 2.43. The Labute approximate surface area is 112 Å². The molecule has 0 unspecified atom stereocenters. The Hall–Kier alpha value is -1.59. The van der Waals surface area contributed by atoms with Gasteiger partial charge in [0, 0.05) is 12.6 Å². The van der Waals surface area contributed by atoms with Crippen LogP contribution in [0.1, 0.15) is 18.4 Å². The zero-order valence-electron chi connectivity index (χ0n) is 10.8. The molecule has 1 saturated carbocycles. The Bertz CT molecular complexity index is 429. The van der Waals surface area contributed by atoms with Crippen molar-refractivity contribution < 1.29 is 15.0 Å². The number of hydrogen-bond acceptors (Lipinski definition) is 4. The Balaban J connectivity index is 1.95. The summed E-state index contributed by atoms with van der Waals surface area (Å²) in [6.45, 7) is 0.320. The Morgan fingerprint density at radius 1 is 1.37 bits per heavy atom. The highest BCUT2D eigenvalue weighted by Gasteiger charge is 2.34. The van der Waals surface area contributed by atoms with E-state index in [0.29, 0.717) is 13.0 Å². The Kier molecular flexibility index (Phi) is 4.39. The maximum atomic E-state index is 12.2. The lowest BCUT2D eigenvalue weighted by Gasteiger charge is -2.24. The number of phenols is 1. The van der Waals surface area contributed by atoms with E-state index in [1.165, 1.54) is 0 Å². The van der Waals surface area contributed by atoms with Crippen molar-refractivity contribution in [2.24, 2.45) is 5.73 Å². The van der Waals surface area contributed by atoms with Crippen LogP contribution in [0.15, 0.2) is 24.3 Å². The zero-order valence-corrected chi connectivity index (χ0v) is 10.8. The second kappa shape index (κ2) is 6.04. The molecular weight excluding hydrogens is 244 g/mol. The number of nitrogens with two attached hydrogens (primary N) is 1. The summed E-state index contributed by atoms with van der Waals surface area (Å²) in [5.41, 5.74) is 6.86. The zero-order chi connectivity index (χ0) is 13.8. The normalized spacial score (nSPS) is 16.1. The first-order chi connectivity index (χ1) is 9.11. The minimum atomic E-state index is -0.600. The van der Waals surface area contributed by atoms with Gasteiger partial charge in [-0.15, -0.1) is 0 Å². The van der Waals surface area contributed by atoms with Gasteiger partial charge in [0.25, 0.3) is 0 Å². The minimum Gasteiger partial charge on any atom is -0.508 e. The fourth-order valence-electron chi connectivity index (χ4n) is 2.15.